The molecule has 0 saturated carbocycles. The second kappa shape index (κ2) is 5.13. The smallest absolute Gasteiger partial charge is 0.197 e. The number of imidazole rings is 1. The Morgan fingerprint density at radius 2 is 2.09 bits per heavy atom. The highest BCUT2D eigenvalue weighted by Gasteiger charge is 2.23. The molecule has 0 spiro atoms. The van der Waals surface area contributed by atoms with Gasteiger partial charge in [-0.1, -0.05) is 6.92 Å². The fraction of sp³-hybridized carbons (Fsp3) is 0.286. The number of rotatable bonds is 3. The first-order valence-electron chi connectivity index (χ1n) is 6.78. The van der Waals surface area contributed by atoms with Crippen LogP contribution >= 0.6 is 0 Å². The fourth-order valence-electron chi connectivity index (χ4n) is 2.27. The number of pyridine rings is 1. The van der Waals surface area contributed by atoms with Gasteiger partial charge in [0.15, 0.2) is 20.5 Å². The van der Waals surface area contributed by atoms with Crippen LogP contribution in [0.3, 0.4) is 0 Å². The molecule has 0 N–H and O–H groups in total. The molecule has 0 aromatic carbocycles. The van der Waals surface area contributed by atoms with E-state index in [2.05, 4.69) is 20.2 Å². The molecule has 3 aromatic rings. The monoisotopic (exact) mass is 317 g/mol. The molecule has 0 aliphatic rings. The normalized spacial score (nSPS) is 12.0. The SMILES string of the molecule is CCS(=O)(=O)c1nnccc1-c1nc2cc(C)cnc2n1C. The third kappa shape index (κ3) is 2.25. The molecular formula is C14H15N5O2S. The summed E-state index contributed by atoms with van der Waals surface area (Å²) in [4.78, 5) is 8.87. The number of nitrogens with zero attached hydrogens (tertiary/aromatic N) is 5. The van der Waals surface area contributed by atoms with Crippen LogP contribution in [0.5, 0.6) is 0 Å². The standard InChI is InChI=1S/C14H15N5O2S/c1-4-22(20,21)14-10(5-6-16-18-14)12-17-11-7-9(2)8-15-13(11)19(12)3/h5-8H,4H2,1-3H3. The predicted octanol–water partition coefficient (Wildman–Crippen LogP) is 1.53. The van der Waals surface area contributed by atoms with Gasteiger partial charge >= 0.3 is 0 Å². The van der Waals surface area contributed by atoms with E-state index in [4.69, 9.17) is 0 Å². The molecule has 3 rings (SSSR count). The van der Waals surface area contributed by atoms with Crippen LogP contribution in [-0.4, -0.2) is 38.9 Å². The summed E-state index contributed by atoms with van der Waals surface area (Å²) >= 11 is 0. The van der Waals surface area contributed by atoms with Crippen molar-refractivity contribution in [1.82, 2.24) is 24.7 Å². The van der Waals surface area contributed by atoms with E-state index in [-0.39, 0.29) is 10.8 Å². The van der Waals surface area contributed by atoms with Crippen LogP contribution in [0.15, 0.2) is 29.6 Å². The van der Waals surface area contributed by atoms with Crippen molar-refractivity contribution in [3.05, 3.63) is 30.1 Å². The van der Waals surface area contributed by atoms with Crippen molar-refractivity contribution in [2.45, 2.75) is 18.9 Å². The van der Waals surface area contributed by atoms with E-state index in [0.717, 1.165) is 5.56 Å². The van der Waals surface area contributed by atoms with Gasteiger partial charge < -0.3 is 4.57 Å². The van der Waals surface area contributed by atoms with E-state index in [1.807, 2.05) is 13.0 Å². The number of aromatic nitrogens is 5. The summed E-state index contributed by atoms with van der Waals surface area (Å²) in [6, 6.07) is 3.53. The average molecular weight is 317 g/mol. The molecule has 3 heterocycles. The fourth-order valence-corrected chi connectivity index (χ4v) is 3.21. The molecule has 0 aliphatic heterocycles. The predicted molar refractivity (Wildman–Crippen MR) is 82.0 cm³/mol. The molecule has 0 radical (unpaired) electrons. The van der Waals surface area contributed by atoms with Gasteiger partial charge in [-0.2, -0.15) is 5.10 Å². The van der Waals surface area contributed by atoms with Crippen molar-refractivity contribution in [2.24, 2.45) is 7.05 Å². The van der Waals surface area contributed by atoms with Gasteiger partial charge in [-0.25, -0.2) is 18.4 Å². The first-order valence-corrected chi connectivity index (χ1v) is 8.43. The number of sulfone groups is 1. The van der Waals surface area contributed by atoms with E-state index in [1.165, 1.54) is 6.20 Å². The van der Waals surface area contributed by atoms with E-state index in [1.54, 1.807) is 30.8 Å². The van der Waals surface area contributed by atoms with Crippen LogP contribution < -0.4 is 0 Å². The van der Waals surface area contributed by atoms with Gasteiger partial charge in [-0.05, 0) is 24.6 Å². The molecule has 0 saturated heterocycles. The lowest BCUT2D eigenvalue weighted by Gasteiger charge is -2.07. The maximum Gasteiger partial charge on any atom is 0.197 e. The largest absolute Gasteiger partial charge is 0.312 e. The highest BCUT2D eigenvalue weighted by atomic mass is 32.2. The molecule has 0 aliphatic carbocycles. The van der Waals surface area contributed by atoms with Gasteiger partial charge in [0.2, 0.25) is 0 Å². The maximum atomic E-state index is 12.2. The molecule has 0 fully saturated rings. The average Bonchev–Trinajstić information content (AvgIpc) is 2.83. The van der Waals surface area contributed by atoms with Gasteiger partial charge in [0, 0.05) is 13.2 Å². The summed E-state index contributed by atoms with van der Waals surface area (Å²) < 4.78 is 26.2. The zero-order chi connectivity index (χ0) is 15.9. The highest BCUT2D eigenvalue weighted by Crippen LogP contribution is 2.27. The van der Waals surface area contributed by atoms with Crippen LogP contribution in [0.25, 0.3) is 22.6 Å². The van der Waals surface area contributed by atoms with E-state index in [0.29, 0.717) is 22.6 Å². The highest BCUT2D eigenvalue weighted by molar-refractivity contribution is 7.91. The third-order valence-electron chi connectivity index (χ3n) is 3.45. The van der Waals surface area contributed by atoms with Crippen LogP contribution in [0.4, 0.5) is 0 Å². The molecule has 114 valence electrons. The molecule has 8 heteroatoms. The molecular weight excluding hydrogens is 302 g/mol. The summed E-state index contributed by atoms with van der Waals surface area (Å²) in [5, 5.41) is 7.47. The summed E-state index contributed by atoms with van der Waals surface area (Å²) in [5.74, 6) is 0.468. The first kappa shape index (κ1) is 14.6. The molecule has 0 atom stereocenters. The Labute approximate surface area is 128 Å². The maximum absolute atomic E-state index is 12.2. The Kier molecular flexibility index (Phi) is 3.40. The van der Waals surface area contributed by atoms with Crippen molar-refractivity contribution in [2.75, 3.05) is 5.75 Å². The Bertz CT molecular complexity index is 963. The number of aryl methyl sites for hydroxylation is 2. The van der Waals surface area contributed by atoms with Gasteiger partial charge in [0.05, 0.1) is 17.5 Å². The second-order valence-electron chi connectivity index (χ2n) is 5.00. The topological polar surface area (TPSA) is 90.6 Å². The van der Waals surface area contributed by atoms with E-state index in [9.17, 15) is 8.42 Å². The molecule has 0 unspecified atom stereocenters. The molecule has 0 amide bonds. The van der Waals surface area contributed by atoms with Crippen molar-refractivity contribution >= 4 is 21.0 Å². The van der Waals surface area contributed by atoms with Crippen molar-refractivity contribution in [3.63, 3.8) is 0 Å². The Morgan fingerprint density at radius 1 is 1.32 bits per heavy atom. The minimum absolute atomic E-state index is 0.0417. The van der Waals surface area contributed by atoms with Gasteiger partial charge in [0.1, 0.15) is 11.3 Å². The van der Waals surface area contributed by atoms with Gasteiger partial charge in [-0.15, -0.1) is 5.10 Å². The van der Waals surface area contributed by atoms with Crippen LogP contribution in [0.2, 0.25) is 0 Å². The quantitative estimate of drug-likeness (QED) is 0.727. The van der Waals surface area contributed by atoms with Crippen molar-refractivity contribution in [1.29, 1.82) is 0 Å². The lowest BCUT2D eigenvalue weighted by atomic mass is 10.3. The molecule has 7 nitrogen and oxygen atoms in total. The van der Waals surface area contributed by atoms with Crippen LogP contribution in [0, 0.1) is 6.92 Å². The number of fused-ring (bicyclic) bond motifs is 1. The number of hydrogen-bond donors (Lipinski definition) is 0. The van der Waals surface area contributed by atoms with Crippen molar-refractivity contribution < 1.29 is 8.42 Å². The third-order valence-corrected chi connectivity index (χ3v) is 5.10. The Morgan fingerprint density at radius 3 is 2.82 bits per heavy atom. The van der Waals surface area contributed by atoms with Gasteiger partial charge in [-0.3, -0.25) is 0 Å². The van der Waals surface area contributed by atoms with Crippen molar-refractivity contribution in [3.8, 4) is 11.4 Å². The zero-order valence-electron chi connectivity index (χ0n) is 12.5. The summed E-state index contributed by atoms with van der Waals surface area (Å²) in [6.45, 7) is 3.51. The molecule has 22 heavy (non-hydrogen) atoms. The van der Waals surface area contributed by atoms with E-state index < -0.39 is 9.84 Å². The van der Waals surface area contributed by atoms with Crippen LogP contribution in [0.1, 0.15) is 12.5 Å². The zero-order valence-corrected chi connectivity index (χ0v) is 13.3. The van der Waals surface area contributed by atoms with E-state index >= 15 is 0 Å². The molecule has 0 bridgehead atoms. The summed E-state index contributed by atoms with van der Waals surface area (Å²) in [5.41, 5.74) is 2.84. The second-order valence-corrected chi connectivity index (χ2v) is 7.20. The minimum atomic E-state index is -3.49. The minimum Gasteiger partial charge on any atom is -0.312 e. The summed E-state index contributed by atoms with van der Waals surface area (Å²) in [7, 11) is -1.69. The summed E-state index contributed by atoms with van der Waals surface area (Å²) in [6.07, 6.45) is 3.21. The number of hydrogen-bond acceptors (Lipinski definition) is 6. The first-order chi connectivity index (χ1) is 10.4. The van der Waals surface area contributed by atoms with Gasteiger partial charge in [0.25, 0.3) is 0 Å². The lowest BCUT2D eigenvalue weighted by Crippen LogP contribution is -2.10. The Balaban J connectivity index is 2.31. The van der Waals surface area contributed by atoms with Crippen LogP contribution in [-0.2, 0) is 16.9 Å². The lowest BCUT2D eigenvalue weighted by molar-refractivity contribution is 0.591. The molecule has 3 aromatic heterocycles. The Hall–Kier alpha value is -2.35.